The van der Waals surface area contributed by atoms with Gasteiger partial charge in [-0.2, -0.15) is 0 Å². The minimum absolute atomic E-state index is 0.0211. The lowest BCUT2D eigenvalue weighted by atomic mass is 9.82. The van der Waals surface area contributed by atoms with Crippen LogP contribution < -0.4 is 0 Å². The summed E-state index contributed by atoms with van der Waals surface area (Å²) >= 11 is 1.84. The van der Waals surface area contributed by atoms with Crippen molar-refractivity contribution >= 4 is 11.8 Å². The van der Waals surface area contributed by atoms with Crippen LogP contribution in [0.25, 0.3) is 0 Å². The average molecular weight is 421 g/mol. The van der Waals surface area contributed by atoms with Crippen LogP contribution in [0.3, 0.4) is 0 Å². The second-order valence-electron chi connectivity index (χ2n) is 9.73. The van der Waals surface area contributed by atoms with Crippen LogP contribution in [0.5, 0.6) is 5.75 Å². The molecule has 0 aliphatic heterocycles. The zero-order chi connectivity index (χ0) is 21.7. The summed E-state index contributed by atoms with van der Waals surface area (Å²) in [6.45, 7) is 11.2. The van der Waals surface area contributed by atoms with E-state index in [1.54, 1.807) is 0 Å². The number of phenolic OH excluding ortho intramolecular Hbond substituents is 1. The molecule has 1 nitrogen and oxygen atoms in total. The van der Waals surface area contributed by atoms with E-state index >= 15 is 0 Å². The summed E-state index contributed by atoms with van der Waals surface area (Å²) < 4.78 is 0. The number of aryl methyl sites for hydroxylation is 1. The molecule has 2 heteroatoms. The molecule has 0 fully saturated rings. The monoisotopic (exact) mass is 420 g/mol. The van der Waals surface area contributed by atoms with Gasteiger partial charge in [0.1, 0.15) is 5.75 Å². The molecular formula is C27H48OS. The van der Waals surface area contributed by atoms with E-state index in [0.29, 0.717) is 5.75 Å². The highest BCUT2D eigenvalue weighted by molar-refractivity contribution is 7.98. The van der Waals surface area contributed by atoms with Crippen LogP contribution in [0.4, 0.5) is 0 Å². The largest absolute Gasteiger partial charge is 0.507 e. The van der Waals surface area contributed by atoms with Crippen LogP contribution in [0, 0.1) is 0 Å². The summed E-state index contributed by atoms with van der Waals surface area (Å²) in [4.78, 5) is 1.36. The minimum atomic E-state index is -0.0211. The van der Waals surface area contributed by atoms with Crippen molar-refractivity contribution in [2.45, 2.75) is 135 Å². The van der Waals surface area contributed by atoms with Gasteiger partial charge >= 0.3 is 0 Å². The van der Waals surface area contributed by atoms with Crippen LogP contribution in [-0.4, -0.2) is 11.4 Å². The second kappa shape index (κ2) is 14.4. The number of benzene rings is 1. The normalized spacial score (nSPS) is 11.9. The number of hydrogen-bond donors (Lipinski definition) is 1. The van der Waals surface area contributed by atoms with Gasteiger partial charge < -0.3 is 5.11 Å². The molecule has 0 spiro atoms. The molecule has 0 bridgehead atoms. The van der Waals surface area contributed by atoms with Crippen LogP contribution in [-0.2, 0) is 18.3 Å². The van der Waals surface area contributed by atoms with Crippen LogP contribution in [0.2, 0.25) is 0 Å². The molecule has 0 amide bonds. The molecule has 1 N–H and O–H groups in total. The predicted octanol–water partition coefficient (Wildman–Crippen LogP) is 9.22. The highest BCUT2D eigenvalue weighted by atomic mass is 32.2. The maximum atomic E-state index is 11.2. The Morgan fingerprint density at radius 3 is 1.72 bits per heavy atom. The van der Waals surface area contributed by atoms with E-state index in [1.807, 2.05) is 11.8 Å². The van der Waals surface area contributed by atoms with Crippen LogP contribution in [0.1, 0.15) is 128 Å². The Morgan fingerprint density at radius 1 is 0.759 bits per heavy atom. The molecule has 0 radical (unpaired) electrons. The first-order valence-corrected chi connectivity index (χ1v) is 13.5. The van der Waals surface area contributed by atoms with Gasteiger partial charge in [-0.25, -0.2) is 0 Å². The van der Waals surface area contributed by atoms with Gasteiger partial charge in [0.25, 0.3) is 0 Å². The van der Waals surface area contributed by atoms with Gasteiger partial charge in [0.05, 0.1) is 0 Å². The summed E-state index contributed by atoms with van der Waals surface area (Å²) in [5.41, 5.74) is 3.81. The third-order valence-corrected chi connectivity index (χ3v) is 6.93. The van der Waals surface area contributed by atoms with Crippen molar-refractivity contribution in [3.05, 3.63) is 22.8 Å². The van der Waals surface area contributed by atoms with E-state index < -0.39 is 0 Å². The van der Waals surface area contributed by atoms with Crippen molar-refractivity contribution in [1.82, 2.24) is 0 Å². The number of rotatable bonds is 15. The molecule has 168 valence electrons. The predicted molar refractivity (Wildman–Crippen MR) is 133 cm³/mol. The quantitative estimate of drug-likeness (QED) is 0.225. The van der Waals surface area contributed by atoms with Crippen molar-refractivity contribution in [2.75, 3.05) is 6.26 Å². The Balaban J connectivity index is 2.92. The summed E-state index contributed by atoms with van der Waals surface area (Å²) in [7, 11) is 0. The van der Waals surface area contributed by atoms with Crippen molar-refractivity contribution in [1.29, 1.82) is 0 Å². The Labute approximate surface area is 186 Å². The smallest absolute Gasteiger partial charge is 0.123 e. The summed E-state index contributed by atoms with van der Waals surface area (Å²) in [5, 5.41) is 11.2. The third kappa shape index (κ3) is 9.37. The fraction of sp³-hybridized carbons (Fsp3) is 0.778. The van der Waals surface area contributed by atoms with Crippen LogP contribution >= 0.6 is 11.8 Å². The van der Waals surface area contributed by atoms with Gasteiger partial charge in [0, 0.05) is 10.5 Å². The minimum Gasteiger partial charge on any atom is -0.507 e. The maximum Gasteiger partial charge on any atom is 0.123 e. The van der Waals surface area contributed by atoms with Crippen molar-refractivity contribution in [3.63, 3.8) is 0 Å². The molecule has 1 aromatic rings. The molecule has 0 aliphatic carbocycles. The third-order valence-electron chi connectivity index (χ3n) is 6.02. The highest BCUT2D eigenvalue weighted by Gasteiger charge is 2.24. The lowest BCUT2D eigenvalue weighted by Gasteiger charge is -2.26. The zero-order valence-corrected chi connectivity index (χ0v) is 21.1. The van der Waals surface area contributed by atoms with Gasteiger partial charge in [-0.1, -0.05) is 105 Å². The van der Waals surface area contributed by atoms with E-state index in [1.165, 1.54) is 93.1 Å². The van der Waals surface area contributed by atoms with Gasteiger partial charge in [0.15, 0.2) is 0 Å². The van der Waals surface area contributed by atoms with Gasteiger partial charge in [-0.3, -0.25) is 0 Å². The lowest BCUT2D eigenvalue weighted by molar-refractivity contribution is 0.435. The Bertz CT molecular complexity index is 571. The molecule has 0 heterocycles. The van der Waals surface area contributed by atoms with E-state index in [-0.39, 0.29) is 5.41 Å². The molecule has 0 atom stereocenters. The summed E-state index contributed by atoms with van der Waals surface area (Å²) in [6.07, 6.45) is 20.1. The fourth-order valence-electron chi connectivity index (χ4n) is 4.19. The van der Waals surface area contributed by atoms with Gasteiger partial charge in [-0.15, -0.1) is 11.8 Å². The molecule has 1 aromatic carbocycles. The van der Waals surface area contributed by atoms with Crippen LogP contribution in [0.15, 0.2) is 11.0 Å². The van der Waals surface area contributed by atoms with E-state index in [2.05, 4.69) is 46.9 Å². The van der Waals surface area contributed by atoms with Gasteiger partial charge in [0.2, 0.25) is 0 Å². The molecule has 0 saturated heterocycles. The second-order valence-corrected chi connectivity index (χ2v) is 10.5. The van der Waals surface area contributed by atoms with E-state index in [9.17, 15) is 5.11 Å². The Kier molecular flexibility index (Phi) is 13.1. The van der Waals surface area contributed by atoms with Crippen molar-refractivity contribution < 1.29 is 5.11 Å². The lowest BCUT2D eigenvalue weighted by Crippen LogP contribution is -2.14. The first-order chi connectivity index (χ1) is 13.9. The van der Waals surface area contributed by atoms with Crippen molar-refractivity contribution in [3.8, 4) is 5.75 Å². The fourth-order valence-corrected chi connectivity index (χ4v) is 5.06. The molecule has 0 aliphatic rings. The zero-order valence-electron chi connectivity index (χ0n) is 20.3. The first kappa shape index (κ1) is 26.4. The molecule has 1 rings (SSSR count). The molecular weight excluding hydrogens is 372 g/mol. The Hall–Kier alpha value is -0.630. The first-order valence-electron chi connectivity index (χ1n) is 12.3. The number of phenols is 1. The summed E-state index contributed by atoms with van der Waals surface area (Å²) in [5.74, 6) is 0.571. The van der Waals surface area contributed by atoms with Gasteiger partial charge in [-0.05, 0) is 48.5 Å². The number of hydrogen-bond acceptors (Lipinski definition) is 2. The Morgan fingerprint density at radius 2 is 1.24 bits per heavy atom. The maximum absolute atomic E-state index is 11.2. The molecule has 0 unspecified atom stereocenters. The standard InChI is InChI=1S/C27H48OS/c1-7-9-11-13-15-17-19-22-21-24(27(3,4)5)25(28)23(26(22)29-6)20-18-16-14-12-10-8-2/h21,28H,7-20H2,1-6H3. The van der Waals surface area contributed by atoms with E-state index in [0.717, 1.165) is 18.4 Å². The van der Waals surface area contributed by atoms with E-state index in [4.69, 9.17) is 0 Å². The highest BCUT2D eigenvalue weighted by Crippen LogP contribution is 2.41. The van der Waals surface area contributed by atoms with Crippen molar-refractivity contribution in [2.24, 2.45) is 0 Å². The molecule has 29 heavy (non-hydrogen) atoms. The summed E-state index contributed by atoms with van der Waals surface area (Å²) in [6, 6.07) is 2.32. The SMILES string of the molecule is CCCCCCCCc1cc(C(C)(C)C)c(O)c(CCCCCCCC)c1SC. The number of aromatic hydroxyl groups is 1. The number of unbranched alkanes of at least 4 members (excludes halogenated alkanes) is 10. The molecule has 0 aromatic heterocycles. The number of thioether (sulfide) groups is 1. The molecule has 0 saturated carbocycles. The topological polar surface area (TPSA) is 20.2 Å². The average Bonchev–Trinajstić information content (AvgIpc) is 2.67.